The molecule has 5 nitrogen and oxygen atoms in total. The van der Waals surface area contributed by atoms with Crippen LogP contribution in [0.3, 0.4) is 0 Å². The van der Waals surface area contributed by atoms with E-state index < -0.39 is 11.7 Å². The number of alkyl halides is 3. The quantitative estimate of drug-likeness (QED) is 0.724. The summed E-state index contributed by atoms with van der Waals surface area (Å²) in [6.45, 7) is 2.68. The van der Waals surface area contributed by atoms with Crippen LogP contribution in [0.2, 0.25) is 0 Å². The number of para-hydroxylation sites is 2. The second-order valence-corrected chi connectivity index (χ2v) is 8.48. The van der Waals surface area contributed by atoms with E-state index in [1.165, 1.54) is 12.1 Å². The van der Waals surface area contributed by atoms with Gasteiger partial charge in [0.2, 0.25) is 11.8 Å². The van der Waals surface area contributed by atoms with Crippen LogP contribution >= 0.6 is 0 Å². The van der Waals surface area contributed by atoms with E-state index in [2.05, 4.69) is 5.32 Å². The van der Waals surface area contributed by atoms with Crippen LogP contribution in [-0.2, 0) is 15.8 Å². The molecular weight excluding hydrogens is 419 g/mol. The number of carbonyl (C=O) groups is 2. The highest BCUT2D eigenvalue weighted by Gasteiger charge is 2.34. The zero-order valence-corrected chi connectivity index (χ0v) is 17.9. The van der Waals surface area contributed by atoms with Crippen LogP contribution < -0.4 is 10.2 Å². The lowest BCUT2D eigenvalue weighted by Gasteiger charge is -2.38. The number of piperidine rings is 1. The van der Waals surface area contributed by atoms with E-state index in [4.69, 9.17) is 0 Å². The Morgan fingerprint density at radius 3 is 2.53 bits per heavy atom. The number of amides is 2. The lowest BCUT2D eigenvalue weighted by atomic mass is 9.94. The lowest BCUT2D eigenvalue weighted by molar-refractivity contribution is -0.137. The van der Waals surface area contributed by atoms with E-state index in [1.807, 2.05) is 30.0 Å². The van der Waals surface area contributed by atoms with Crippen LogP contribution in [0.15, 0.2) is 48.5 Å². The smallest absolute Gasteiger partial charge is 0.324 e. The first-order valence-electron chi connectivity index (χ1n) is 10.9. The monoisotopic (exact) mass is 445 g/mol. The highest BCUT2D eigenvalue weighted by atomic mass is 19.4. The average Bonchev–Trinajstić information content (AvgIpc) is 2.87. The van der Waals surface area contributed by atoms with Crippen LogP contribution in [0.5, 0.6) is 0 Å². The van der Waals surface area contributed by atoms with Crippen molar-refractivity contribution in [3.05, 3.63) is 59.7 Å². The molecule has 0 aliphatic carbocycles. The molecule has 2 unspecified atom stereocenters. The molecular formula is C24H26F3N3O2. The minimum atomic E-state index is -4.37. The first kappa shape index (κ1) is 22.3. The molecule has 2 amide bonds. The molecule has 0 aromatic heterocycles. The molecule has 2 heterocycles. The van der Waals surface area contributed by atoms with Crippen molar-refractivity contribution in [1.82, 2.24) is 4.90 Å². The number of fused-ring (bicyclic) bond motifs is 1. The molecule has 32 heavy (non-hydrogen) atoms. The van der Waals surface area contributed by atoms with Gasteiger partial charge in [0, 0.05) is 18.5 Å². The molecule has 1 saturated heterocycles. The Labute approximate surface area is 185 Å². The van der Waals surface area contributed by atoms with Crippen molar-refractivity contribution < 1.29 is 22.8 Å². The van der Waals surface area contributed by atoms with Crippen LogP contribution in [-0.4, -0.2) is 35.8 Å². The van der Waals surface area contributed by atoms with Gasteiger partial charge in [-0.2, -0.15) is 13.2 Å². The second kappa shape index (κ2) is 8.94. The van der Waals surface area contributed by atoms with Crippen molar-refractivity contribution in [2.45, 2.75) is 50.9 Å². The van der Waals surface area contributed by atoms with Crippen molar-refractivity contribution in [1.29, 1.82) is 0 Å². The number of benzene rings is 2. The van der Waals surface area contributed by atoms with Gasteiger partial charge in [0.15, 0.2) is 0 Å². The molecule has 0 bridgehead atoms. The van der Waals surface area contributed by atoms with Gasteiger partial charge in [-0.25, -0.2) is 0 Å². The summed E-state index contributed by atoms with van der Waals surface area (Å²) >= 11 is 0. The highest BCUT2D eigenvalue weighted by Crippen LogP contribution is 2.35. The summed E-state index contributed by atoms with van der Waals surface area (Å²) in [5.41, 5.74) is 1.38. The predicted molar refractivity (Wildman–Crippen MR) is 116 cm³/mol. The third kappa shape index (κ3) is 4.65. The Balaban J connectivity index is 1.56. The Kier molecular flexibility index (Phi) is 6.24. The summed E-state index contributed by atoms with van der Waals surface area (Å²) in [7, 11) is 0. The van der Waals surface area contributed by atoms with Crippen LogP contribution in [0.4, 0.5) is 24.5 Å². The van der Waals surface area contributed by atoms with Gasteiger partial charge in [-0.3, -0.25) is 14.5 Å². The van der Waals surface area contributed by atoms with Gasteiger partial charge >= 0.3 is 6.18 Å². The summed E-state index contributed by atoms with van der Waals surface area (Å²) in [6, 6.07) is 12.1. The van der Waals surface area contributed by atoms with Gasteiger partial charge in [-0.05, 0) is 56.1 Å². The fourth-order valence-electron chi connectivity index (χ4n) is 4.67. The topological polar surface area (TPSA) is 52.7 Å². The van der Waals surface area contributed by atoms with Gasteiger partial charge in [0.25, 0.3) is 0 Å². The Hall–Kier alpha value is -2.87. The molecule has 170 valence electrons. The maximum atomic E-state index is 13.5. The van der Waals surface area contributed by atoms with Crippen molar-refractivity contribution in [2.75, 3.05) is 23.3 Å². The molecule has 0 radical (unpaired) electrons. The number of rotatable bonds is 3. The fourth-order valence-corrected chi connectivity index (χ4v) is 4.67. The first-order chi connectivity index (χ1) is 15.2. The molecule has 2 aliphatic heterocycles. The van der Waals surface area contributed by atoms with Gasteiger partial charge in [0.05, 0.1) is 23.5 Å². The van der Waals surface area contributed by atoms with Crippen LogP contribution in [0.1, 0.15) is 49.8 Å². The van der Waals surface area contributed by atoms with Gasteiger partial charge in [-0.1, -0.05) is 30.7 Å². The Bertz CT molecular complexity index is 991. The van der Waals surface area contributed by atoms with E-state index in [0.29, 0.717) is 17.9 Å². The number of nitrogens with one attached hydrogen (secondary N) is 1. The van der Waals surface area contributed by atoms with Crippen molar-refractivity contribution in [2.24, 2.45) is 0 Å². The molecule has 1 N–H and O–H groups in total. The SMILES string of the molecule is CC1CC(=O)Nc2ccccc2N1C(=O)CN1CCCCC1c1ccc(C(F)(F)F)cc1. The van der Waals surface area contributed by atoms with Gasteiger partial charge < -0.3 is 10.2 Å². The standard InChI is InChI=1S/C24H26F3N3O2/c1-16-14-22(31)28-19-6-2-3-8-21(19)30(16)23(32)15-29-13-5-4-7-20(29)17-9-11-18(12-10-17)24(25,26)27/h2-3,6,8-12,16,20H,4-5,7,13-15H2,1H3,(H,28,31). The Morgan fingerprint density at radius 1 is 1.09 bits per heavy atom. The molecule has 2 aromatic carbocycles. The molecule has 8 heteroatoms. The maximum Gasteiger partial charge on any atom is 0.416 e. The summed E-state index contributed by atoms with van der Waals surface area (Å²) in [5.74, 6) is -0.263. The molecule has 4 rings (SSSR count). The third-order valence-corrected chi connectivity index (χ3v) is 6.20. The fraction of sp³-hybridized carbons (Fsp3) is 0.417. The molecule has 2 aromatic rings. The third-order valence-electron chi connectivity index (χ3n) is 6.20. The summed E-state index contributed by atoms with van der Waals surface area (Å²) in [6.07, 6.45) is -1.51. The van der Waals surface area contributed by atoms with E-state index in [0.717, 1.165) is 37.0 Å². The van der Waals surface area contributed by atoms with Crippen LogP contribution in [0.25, 0.3) is 0 Å². The number of carbonyl (C=O) groups excluding carboxylic acids is 2. The summed E-state index contributed by atoms with van der Waals surface area (Å²) < 4.78 is 38.8. The van der Waals surface area contributed by atoms with E-state index in [9.17, 15) is 22.8 Å². The predicted octanol–water partition coefficient (Wildman–Crippen LogP) is 5.00. The molecule has 0 spiro atoms. The second-order valence-electron chi connectivity index (χ2n) is 8.48. The lowest BCUT2D eigenvalue weighted by Crippen LogP contribution is -2.47. The van der Waals surface area contributed by atoms with E-state index in [1.54, 1.807) is 11.0 Å². The molecule has 1 fully saturated rings. The molecule has 2 aliphatic rings. The zero-order chi connectivity index (χ0) is 22.9. The number of nitrogens with zero attached hydrogens (tertiary/aromatic N) is 2. The molecule has 0 saturated carbocycles. The van der Waals surface area contributed by atoms with Crippen molar-refractivity contribution in [3.8, 4) is 0 Å². The van der Waals surface area contributed by atoms with Crippen molar-refractivity contribution >= 4 is 23.2 Å². The van der Waals surface area contributed by atoms with E-state index >= 15 is 0 Å². The zero-order valence-electron chi connectivity index (χ0n) is 17.9. The normalized spacial score (nSPS) is 22.1. The first-order valence-corrected chi connectivity index (χ1v) is 10.9. The highest BCUT2D eigenvalue weighted by molar-refractivity contribution is 6.04. The largest absolute Gasteiger partial charge is 0.416 e. The minimum absolute atomic E-state index is 0.118. The van der Waals surface area contributed by atoms with Crippen LogP contribution in [0, 0.1) is 0 Å². The van der Waals surface area contributed by atoms with Gasteiger partial charge in [0.1, 0.15) is 0 Å². The number of halogens is 3. The minimum Gasteiger partial charge on any atom is -0.324 e. The summed E-state index contributed by atoms with van der Waals surface area (Å²) in [5, 5.41) is 2.86. The number of anilines is 2. The molecule has 2 atom stereocenters. The summed E-state index contributed by atoms with van der Waals surface area (Å²) in [4.78, 5) is 29.4. The number of hydrogen-bond donors (Lipinski definition) is 1. The van der Waals surface area contributed by atoms with E-state index in [-0.39, 0.29) is 36.9 Å². The number of likely N-dealkylation sites (tertiary alicyclic amines) is 1. The van der Waals surface area contributed by atoms with Crippen molar-refractivity contribution in [3.63, 3.8) is 0 Å². The van der Waals surface area contributed by atoms with Gasteiger partial charge in [-0.15, -0.1) is 0 Å². The number of hydrogen-bond acceptors (Lipinski definition) is 3. The average molecular weight is 445 g/mol. The maximum absolute atomic E-state index is 13.5. The Morgan fingerprint density at radius 2 is 1.81 bits per heavy atom.